The highest BCUT2D eigenvalue weighted by Gasteiger charge is 2.51. The van der Waals surface area contributed by atoms with Crippen LogP contribution in [0.1, 0.15) is 34.5 Å². The fraction of sp³-hybridized carbons (Fsp3) is 0.455. The molecule has 2 aliphatic heterocycles. The molecular formula is C22H25FN2O3. The molecule has 28 heavy (non-hydrogen) atoms. The van der Waals surface area contributed by atoms with Gasteiger partial charge in [0.15, 0.2) is 0 Å². The van der Waals surface area contributed by atoms with Crippen LogP contribution in [0.25, 0.3) is 0 Å². The van der Waals surface area contributed by atoms with Crippen molar-refractivity contribution in [2.75, 3.05) is 26.3 Å². The topological polar surface area (TPSA) is 51.7 Å². The predicted octanol–water partition coefficient (Wildman–Crippen LogP) is 3.37. The van der Waals surface area contributed by atoms with E-state index in [1.807, 2.05) is 30.0 Å². The van der Waals surface area contributed by atoms with Crippen LogP contribution >= 0.6 is 0 Å². The number of hydrogen-bond acceptors (Lipinski definition) is 4. The molecule has 4 rings (SSSR count). The van der Waals surface area contributed by atoms with Gasteiger partial charge in [-0.25, -0.2) is 4.39 Å². The summed E-state index contributed by atoms with van der Waals surface area (Å²) >= 11 is 0. The first kappa shape index (κ1) is 19.0. The van der Waals surface area contributed by atoms with Gasteiger partial charge in [-0.05, 0) is 55.0 Å². The van der Waals surface area contributed by atoms with Crippen LogP contribution in [0.5, 0.6) is 0 Å². The maximum absolute atomic E-state index is 13.2. The number of benzene rings is 1. The lowest BCUT2D eigenvalue weighted by atomic mass is 9.85. The first-order valence-electron chi connectivity index (χ1n) is 9.72. The highest BCUT2D eigenvalue weighted by molar-refractivity contribution is 5.94. The molecule has 1 spiro atoms. The smallest absolute Gasteiger partial charge is 0.272 e. The summed E-state index contributed by atoms with van der Waals surface area (Å²) in [4.78, 5) is 18.6. The minimum absolute atomic E-state index is 0.0193. The van der Waals surface area contributed by atoms with E-state index in [4.69, 9.17) is 9.47 Å². The highest BCUT2D eigenvalue weighted by atomic mass is 19.1. The Bertz CT molecular complexity index is 851. The molecule has 2 fully saturated rings. The quantitative estimate of drug-likeness (QED) is 0.717. The van der Waals surface area contributed by atoms with Crippen molar-refractivity contribution in [1.82, 2.24) is 9.88 Å². The third-order valence-electron chi connectivity index (χ3n) is 5.57. The zero-order chi connectivity index (χ0) is 19.6. The number of halogens is 1. The van der Waals surface area contributed by atoms with Crippen LogP contribution in [-0.2, 0) is 16.1 Å². The summed E-state index contributed by atoms with van der Waals surface area (Å²) in [6.07, 6.45) is 3.51. The number of nitrogens with zero attached hydrogens (tertiary/aromatic N) is 2. The number of aryl methyl sites for hydroxylation is 1. The number of pyridine rings is 1. The van der Waals surface area contributed by atoms with Crippen LogP contribution in [0.3, 0.4) is 0 Å². The number of likely N-dealkylation sites (tertiary alicyclic amines) is 1. The summed E-state index contributed by atoms with van der Waals surface area (Å²) in [6, 6.07) is 10.2. The summed E-state index contributed by atoms with van der Waals surface area (Å²) in [5.74, 6) is 0.174. The molecule has 2 saturated heterocycles. The summed E-state index contributed by atoms with van der Waals surface area (Å²) in [5.41, 5.74) is 2.06. The lowest BCUT2D eigenvalue weighted by Gasteiger charge is -2.47. The number of rotatable bonds is 6. The minimum Gasteiger partial charge on any atom is -0.377 e. The van der Waals surface area contributed by atoms with Crippen molar-refractivity contribution >= 4 is 5.91 Å². The second kappa shape index (κ2) is 7.97. The summed E-state index contributed by atoms with van der Waals surface area (Å²) in [6.45, 7) is 4.90. The molecular weight excluding hydrogens is 359 g/mol. The third kappa shape index (κ3) is 4.08. The van der Waals surface area contributed by atoms with Crippen LogP contribution in [0, 0.1) is 18.7 Å². The number of amides is 1. The molecule has 3 heterocycles. The molecule has 0 saturated carbocycles. The molecule has 1 aromatic heterocycles. The summed E-state index contributed by atoms with van der Waals surface area (Å²) in [7, 11) is 0. The largest absolute Gasteiger partial charge is 0.377 e. The van der Waals surface area contributed by atoms with E-state index in [2.05, 4.69) is 4.98 Å². The molecule has 6 heteroatoms. The highest BCUT2D eigenvalue weighted by Crippen LogP contribution is 2.39. The fourth-order valence-electron chi connectivity index (χ4n) is 4.06. The van der Waals surface area contributed by atoms with Crippen LogP contribution < -0.4 is 0 Å². The van der Waals surface area contributed by atoms with E-state index in [0.29, 0.717) is 44.5 Å². The van der Waals surface area contributed by atoms with E-state index >= 15 is 0 Å². The Morgan fingerprint density at radius 1 is 1.36 bits per heavy atom. The molecule has 148 valence electrons. The Labute approximate surface area is 164 Å². The van der Waals surface area contributed by atoms with E-state index in [-0.39, 0.29) is 17.3 Å². The van der Waals surface area contributed by atoms with Gasteiger partial charge in [0, 0.05) is 12.8 Å². The average molecular weight is 384 g/mol. The molecule has 0 N–H and O–H groups in total. The molecule has 1 atom stereocenters. The lowest BCUT2D eigenvalue weighted by molar-refractivity contribution is -0.0952. The van der Waals surface area contributed by atoms with Crippen molar-refractivity contribution in [3.05, 3.63) is 65.2 Å². The maximum Gasteiger partial charge on any atom is 0.272 e. The van der Waals surface area contributed by atoms with Crippen molar-refractivity contribution in [1.29, 1.82) is 0 Å². The van der Waals surface area contributed by atoms with Gasteiger partial charge in [0.2, 0.25) is 0 Å². The van der Waals surface area contributed by atoms with Gasteiger partial charge in [-0.3, -0.25) is 9.78 Å². The molecule has 0 aliphatic carbocycles. The molecule has 2 aliphatic rings. The van der Waals surface area contributed by atoms with E-state index < -0.39 is 0 Å². The minimum atomic E-state index is -0.239. The van der Waals surface area contributed by atoms with Gasteiger partial charge in [-0.1, -0.05) is 18.2 Å². The zero-order valence-corrected chi connectivity index (χ0v) is 16.1. The Balaban J connectivity index is 1.20. The van der Waals surface area contributed by atoms with Crippen molar-refractivity contribution in [2.45, 2.75) is 32.0 Å². The van der Waals surface area contributed by atoms with Crippen LogP contribution in [0.2, 0.25) is 0 Å². The third-order valence-corrected chi connectivity index (χ3v) is 5.57. The van der Waals surface area contributed by atoms with Gasteiger partial charge in [0.1, 0.15) is 17.1 Å². The molecule has 1 aromatic carbocycles. The Kier molecular flexibility index (Phi) is 5.42. The summed E-state index contributed by atoms with van der Waals surface area (Å²) in [5, 5.41) is 0. The lowest BCUT2D eigenvalue weighted by Crippen LogP contribution is -2.63. The first-order chi connectivity index (χ1) is 13.5. The molecule has 0 bridgehead atoms. The van der Waals surface area contributed by atoms with Crippen LogP contribution in [0.4, 0.5) is 4.39 Å². The monoisotopic (exact) mass is 384 g/mol. The van der Waals surface area contributed by atoms with Gasteiger partial charge < -0.3 is 14.4 Å². The number of carbonyl (C=O) groups excluding carboxylic acids is 1. The van der Waals surface area contributed by atoms with Crippen molar-refractivity contribution < 1.29 is 18.7 Å². The van der Waals surface area contributed by atoms with Gasteiger partial charge in [-0.15, -0.1) is 0 Å². The van der Waals surface area contributed by atoms with Gasteiger partial charge in [-0.2, -0.15) is 0 Å². The molecule has 1 unspecified atom stereocenters. The standard InChI is InChI=1S/C22H25FN2O3/c1-16-4-3-8-24-20(16)21(26)25-14-22(15-25)11-18(13-28-22)7-9-27-12-17-5-2-6-19(23)10-17/h2-6,8,10,18H,7,9,11-15H2,1H3. The van der Waals surface area contributed by atoms with Crippen molar-refractivity contribution in [3.8, 4) is 0 Å². The Hall–Kier alpha value is -2.31. The van der Waals surface area contributed by atoms with E-state index in [1.54, 1.807) is 12.3 Å². The summed E-state index contributed by atoms with van der Waals surface area (Å²) < 4.78 is 24.9. The predicted molar refractivity (Wildman–Crippen MR) is 102 cm³/mol. The van der Waals surface area contributed by atoms with Crippen molar-refractivity contribution in [3.63, 3.8) is 0 Å². The van der Waals surface area contributed by atoms with Gasteiger partial charge in [0.05, 0.1) is 26.3 Å². The van der Waals surface area contributed by atoms with E-state index in [0.717, 1.165) is 24.0 Å². The maximum atomic E-state index is 13.2. The van der Waals surface area contributed by atoms with Gasteiger partial charge in [0.25, 0.3) is 5.91 Å². The van der Waals surface area contributed by atoms with Crippen LogP contribution in [-0.4, -0.2) is 47.7 Å². The normalized spacial score (nSPS) is 20.4. The molecule has 2 aromatic rings. The second-order valence-corrected chi connectivity index (χ2v) is 7.87. The fourth-order valence-corrected chi connectivity index (χ4v) is 4.06. The number of hydrogen-bond donors (Lipinski definition) is 0. The number of carbonyl (C=O) groups is 1. The zero-order valence-electron chi connectivity index (χ0n) is 16.1. The molecule has 0 radical (unpaired) electrons. The molecule has 5 nitrogen and oxygen atoms in total. The van der Waals surface area contributed by atoms with Gasteiger partial charge >= 0.3 is 0 Å². The molecule has 1 amide bonds. The SMILES string of the molecule is Cc1cccnc1C(=O)N1CC2(CC(CCOCc3cccc(F)c3)CO2)C1. The van der Waals surface area contributed by atoms with Crippen molar-refractivity contribution in [2.24, 2.45) is 5.92 Å². The van der Waals surface area contributed by atoms with E-state index in [1.165, 1.54) is 12.1 Å². The van der Waals surface area contributed by atoms with E-state index in [9.17, 15) is 9.18 Å². The number of aromatic nitrogens is 1. The first-order valence-corrected chi connectivity index (χ1v) is 9.72. The van der Waals surface area contributed by atoms with Crippen LogP contribution in [0.15, 0.2) is 42.6 Å². The number of ether oxygens (including phenoxy) is 2. The average Bonchev–Trinajstić information content (AvgIpc) is 3.09. The Morgan fingerprint density at radius 3 is 3.00 bits per heavy atom. The second-order valence-electron chi connectivity index (χ2n) is 7.87. The Morgan fingerprint density at radius 2 is 2.21 bits per heavy atom.